The number of halogens is 3. The minimum absolute atomic E-state index is 0.00175. The molecule has 2 aromatic carbocycles. The Morgan fingerprint density at radius 1 is 1.03 bits per heavy atom. The molecule has 0 atom stereocenters. The van der Waals surface area contributed by atoms with Crippen molar-refractivity contribution in [2.75, 3.05) is 19.6 Å². The van der Waals surface area contributed by atoms with E-state index in [4.69, 9.17) is 11.6 Å². The van der Waals surface area contributed by atoms with Gasteiger partial charge in [0.25, 0.3) is 17.7 Å². The molecule has 3 amide bonds. The number of hydrogen-bond acceptors (Lipinski definition) is 3. The van der Waals surface area contributed by atoms with Crippen LogP contribution in [0.2, 0.25) is 5.02 Å². The molecule has 0 radical (unpaired) electrons. The monoisotopic (exact) mass is 418 g/mol. The standard InChI is InChI=1S/C21H17ClF2N2O3/c22-17-11-13(23)5-6-16(17)18(27)25-9-7-21(24,8-10-25)12-26-19(28)14-3-1-2-4-15(14)20(26)29/h1-6,11H,7-10,12H2. The normalized spacial score (nSPS) is 18.2. The van der Waals surface area contributed by atoms with E-state index < -0.39 is 29.2 Å². The Bertz CT molecular complexity index is 984. The van der Waals surface area contributed by atoms with Crippen molar-refractivity contribution in [3.8, 4) is 0 Å². The molecule has 2 aliphatic rings. The summed E-state index contributed by atoms with van der Waals surface area (Å²) in [5.74, 6) is -1.95. The molecule has 0 N–H and O–H groups in total. The number of carbonyl (C=O) groups excluding carboxylic acids is 3. The second-order valence-electron chi connectivity index (χ2n) is 7.31. The second kappa shape index (κ2) is 7.22. The molecule has 1 fully saturated rings. The number of benzene rings is 2. The highest BCUT2D eigenvalue weighted by Gasteiger charge is 2.44. The van der Waals surface area contributed by atoms with Gasteiger partial charge in [0.2, 0.25) is 0 Å². The summed E-state index contributed by atoms with van der Waals surface area (Å²) in [6, 6.07) is 9.91. The second-order valence-corrected chi connectivity index (χ2v) is 7.72. The van der Waals surface area contributed by atoms with Crippen LogP contribution < -0.4 is 0 Å². The van der Waals surface area contributed by atoms with Crippen LogP contribution in [0, 0.1) is 5.82 Å². The molecule has 2 heterocycles. The number of piperidine rings is 1. The van der Waals surface area contributed by atoms with Crippen LogP contribution in [-0.2, 0) is 0 Å². The van der Waals surface area contributed by atoms with Gasteiger partial charge in [0.05, 0.1) is 28.3 Å². The minimum Gasteiger partial charge on any atom is -0.338 e. The number of hydrogen-bond donors (Lipinski definition) is 0. The highest BCUT2D eigenvalue weighted by atomic mass is 35.5. The third-order valence-corrected chi connectivity index (χ3v) is 5.74. The molecule has 0 bridgehead atoms. The van der Waals surface area contributed by atoms with Gasteiger partial charge < -0.3 is 4.90 Å². The molecule has 8 heteroatoms. The third-order valence-electron chi connectivity index (χ3n) is 5.43. The predicted molar refractivity (Wildman–Crippen MR) is 102 cm³/mol. The molecule has 0 aromatic heterocycles. The lowest BCUT2D eigenvalue weighted by Gasteiger charge is -2.38. The molecule has 5 nitrogen and oxygen atoms in total. The van der Waals surface area contributed by atoms with Gasteiger partial charge in [0.15, 0.2) is 0 Å². The summed E-state index contributed by atoms with van der Waals surface area (Å²) in [5.41, 5.74) is -1.07. The molecule has 0 spiro atoms. The van der Waals surface area contributed by atoms with Gasteiger partial charge in [0.1, 0.15) is 11.5 Å². The zero-order valence-electron chi connectivity index (χ0n) is 15.3. The van der Waals surface area contributed by atoms with Gasteiger partial charge in [-0.1, -0.05) is 23.7 Å². The topological polar surface area (TPSA) is 57.7 Å². The fourth-order valence-electron chi connectivity index (χ4n) is 3.77. The quantitative estimate of drug-likeness (QED) is 0.714. The maximum atomic E-state index is 15.4. The van der Waals surface area contributed by atoms with E-state index >= 15 is 4.39 Å². The minimum atomic E-state index is -1.78. The first-order valence-electron chi connectivity index (χ1n) is 9.17. The number of carbonyl (C=O) groups is 3. The summed E-state index contributed by atoms with van der Waals surface area (Å²) >= 11 is 5.95. The van der Waals surface area contributed by atoms with Crippen LogP contribution in [0.4, 0.5) is 8.78 Å². The number of likely N-dealkylation sites (tertiary alicyclic amines) is 1. The lowest BCUT2D eigenvalue weighted by Crippen LogP contribution is -2.51. The molecule has 29 heavy (non-hydrogen) atoms. The number of rotatable bonds is 3. The van der Waals surface area contributed by atoms with Gasteiger partial charge in [-0.3, -0.25) is 19.3 Å². The van der Waals surface area contributed by atoms with Crippen LogP contribution in [0.3, 0.4) is 0 Å². The van der Waals surface area contributed by atoms with Crippen molar-refractivity contribution >= 4 is 29.3 Å². The van der Waals surface area contributed by atoms with Gasteiger partial charge in [-0.05, 0) is 30.3 Å². The van der Waals surface area contributed by atoms with Crippen LogP contribution in [0.25, 0.3) is 0 Å². The summed E-state index contributed by atoms with van der Waals surface area (Å²) in [5, 5.41) is -0.00175. The first-order valence-corrected chi connectivity index (χ1v) is 9.55. The Hall–Kier alpha value is -2.80. The van der Waals surface area contributed by atoms with Crippen LogP contribution in [0.1, 0.15) is 43.9 Å². The smallest absolute Gasteiger partial charge is 0.261 e. The zero-order valence-corrected chi connectivity index (χ0v) is 16.1. The van der Waals surface area contributed by atoms with Crippen LogP contribution in [0.15, 0.2) is 42.5 Å². The largest absolute Gasteiger partial charge is 0.338 e. The molecule has 0 saturated carbocycles. The Morgan fingerprint density at radius 3 is 2.17 bits per heavy atom. The average Bonchev–Trinajstić information content (AvgIpc) is 2.93. The van der Waals surface area contributed by atoms with Gasteiger partial charge in [-0.15, -0.1) is 0 Å². The molecule has 1 saturated heterocycles. The maximum Gasteiger partial charge on any atom is 0.261 e. The van der Waals surface area contributed by atoms with Crippen LogP contribution in [-0.4, -0.2) is 52.8 Å². The van der Waals surface area contributed by atoms with Gasteiger partial charge in [0, 0.05) is 25.9 Å². The van der Waals surface area contributed by atoms with Crippen molar-refractivity contribution in [2.24, 2.45) is 0 Å². The van der Waals surface area contributed by atoms with Gasteiger partial charge in [-0.2, -0.15) is 0 Å². The fourth-order valence-corrected chi connectivity index (χ4v) is 4.02. The Morgan fingerprint density at radius 2 is 1.62 bits per heavy atom. The predicted octanol–water partition coefficient (Wildman–Crippen LogP) is 3.72. The molecule has 0 aliphatic carbocycles. The number of imide groups is 1. The van der Waals surface area contributed by atoms with Crippen molar-refractivity contribution < 1.29 is 23.2 Å². The maximum absolute atomic E-state index is 15.4. The van der Waals surface area contributed by atoms with E-state index in [0.717, 1.165) is 17.0 Å². The van der Waals surface area contributed by atoms with E-state index in [9.17, 15) is 18.8 Å². The molecule has 150 valence electrons. The van der Waals surface area contributed by atoms with Gasteiger partial charge >= 0.3 is 0 Å². The Kier molecular flexibility index (Phi) is 4.86. The molecule has 2 aromatic rings. The van der Waals surface area contributed by atoms with E-state index in [1.165, 1.54) is 11.0 Å². The lowest BCUT2D eigenvalue weighted by atomic mass is 9.92. The number of amides is 3. The van der Waals surface area contributed by atoms with Crippen LogP contribution >= 0.6 is 11.6 Å². The summed E-state index contributed by atoms with van der Waals surface area (Å²) in [4.78, 5) is 40.0. The first kappa shape index (κ1) is 19.5. The summed E-state index contributed by atoms with van der Waals surface area (Å²) < 4.78 is 28.6. The Labute approximate surface area is 170 Å². The van der Waals surface area contributed by atoms with E-state index in [2.05, 4.69) is 0 Å². The van der Waals surface area contributed by atoms with E-state index in [-0.39, 0.29) is 54.2 Å². The summed E-state index contributed by atoms with van der Waals surface area (Å²) in [6.07, 6.45) is -0.0457. The number of nitrogens with zero attached hydrogens (tertiary/aromatic N) is 2. The molecular weight excluding hydrogens is 402 g/mol. The third kappa shape index (κ3) is 3.51. The summed E-state index contributed by atoms with van der Waals surface area (Å²) in [6.45, 7) is -0.142. The average molecular weight is 419 g/mol. The number of fused-ring (bicyclic) bond motifs is 1. The van der Waals surface area contributed by atoms with Crippen molar-refractivity contribution in [1.82, 2.24) is 9.80 Å². The zero-order chi connectivity index (χ0) is 20.8. The lowest BCUT2D eigenvalue weighted by molar-refractivity contribution is 0.0215. The van der Waals surface area contributed by atoms with E-state index in [1.54, 1.807) is 24.3 Å². The van der Waals surface area contributed by atoms with Crippen molar-refractivity contribution in [3.63, 3.8) is 0 Å². The van der Waals surface area contributed by atoms with Gasteiger partial charge in [-0.25, -0.2) is 8.78 Å². The summed E-state index contributed by atoms with van der Waals surface area (Å²) in [7, 11) is 0. The molecular formula is C21H17ClF2N2O3. The number of alkyl halides is 1. The molecule has 2 aliphatic heterocycles. The van der Waals surface area contributed by atoms with Crippen molar-refractivity contribution in [1.29, 1.82) is 0 Å². The highest BCUT2D eigenvalue weighted by molar-refractivity contribution is 6.33. The van der Waals surface area contributed by atoms with E-state index in [0.29, 0.717) is 0 Å². The van der Waals surface area contributed by atoms with Crippen molar-refractivity contribution in [3.05, 3.63) is 70.0 Å². The molecule has 0 unspecified atom stereocenters. The van der Waals surface area contributed by atoms with Crippen molar-refractivity contribution in [2.45, 2.75) is 18.5 Å². The molecule has 4 rings (SSSR count). The fraction of sp³-hybridized carbons (Fsp3) is 0.286. The SMILES string of the molecule is O=C(c1ccc(F)cc1Cl)N1CCC(F)(CN2C(=O)c3ccccc3C2=O)CC1. The Balaban J connectivity index is 1.43. The van der Waals surface area contributed by atoms with Crippen LogP contribution in [0.5, 0.6) is 0 Å². The van der Waals surface area contributed by atoms with E-state index in [1.807, 2.05) is 0 Å². The highest BCUT2D eigenvalue weighted by Crippen LogP contribution is 2.32. The first-order chi connectivity index (χ1) is 13.8.